The van der Waals surface area contributed by atoms with Gasteiger partial charge in [0.15, 0.2) is 12.6 Å². The zero-order valence-electron chi connectivity index (χ0n) is 17.0. The molecule has 168 valence electrons. The summed E-state index contributed by atoms with van der Waals surface area (Å²) in [5.74, 6) is 0.566. The molecule has 4 N–H and O–H groups in total. The summed E-state index contributed by atoms with van der Waals surface area (Å²) in [5.41, 5.74) is 7.59. The number of carbonyl (C=O) groups is 1. The standard InChI is InChI=1S/C21H25F3N4O3/c1-26-20(28-11-17-3-2-4-18(9-17)31-13-19(25)29)27-10-15-5-7-16(8-6-15)12-30-14-21(22,23)24/h2-9H,10-14H2,1H3,(H2,25,29)(H2,26,27,28). The van der Waals surface area contributed by atoms with Gasteiger partial charge < -0.3 is 25.8 Å². The van der Waals surface area contributed by atoms with E-state index in [4.69, 9.17) is 10.5 Å². The van der Waals surface area contributed by atoms with Crippen LogP contribution in [-0.2, 0) is 29.2 Å². The van der Waals surface area contributed by atoms with Gasteiger partial charge in [0.2, 0.25) is 0 Å². The molecule has 0 saturated carbocycles. The van der Waals surface area contributed by atoms with Crippen molar-refractivity contribution in [2.75, 3.05) is 20.3 Å². The zero-order chi connectivity index (χ0) is 22.7. The Hall–Kier alpha value is -3.27. The summed E-state index contributed by atoms with van der Waals surface area (Å²) in [4.78, 5) is 15.0. The van der Waals surface area contributed by atoms with Gasteiger partial charge in [-0.15, -0.1) is 0 Å². The summed E-state index contributed by atoms with van der Waals surface area (Å²) < 4.78 is 46.3. The summed E-state index contributed by atoms with van der Waals surface area (Å²) in [6, 6.07) is 14.3. The number of nitrogens with two attached hydrogens (primary N) is 1. The van der Waals surface area contributed by atoms with Crippen molar-refractivity contribution in [1.82, 2.24) is 10.6 Å². The monoisotopic (exact) mass is 438 g/mol. The second-order valence-corrected chi connectivity index (χ2v) is 6.61. The molecule has 2 rings (SSSR count). The van der Waals surface area contributed by atoms with Crippen molar-refractivity contribution in [2.24, 2.45) is 10.7 Å². The van der Waals surface area contributed by atoms with Crippen LogP contribution in [0.1, 0.15) is 16.7 Å². The molecule has 2 aromatic carbocycles. The van der Waals surface area contributed by atoms with E-state index in [2.05, 4.69) is 20.4 Å². The second kappa shape index (κ2) is 11.8. The third-order valence-corrected chi connectivity index (χ3v) is 3.98. The first-order valence-electron chi connectivity index (χ1n) is 9.42. The summed E-state index contributed by atoms with van der Waals surface area (Å²) >= 11 is 0. The molecule has 0 bridgehead atoms. The van der Waals surface area contributed by atoms with Crippen LogP contribution in [0.2, 0.25) is 0 Å². The van der Waals surface area contributed by atoms with Crippen molar-refractivity contribution in [1.29, 1.82) is 0 Å². The molecule has 10 heteroatoms. The number of nitrogens with zero attached hydrogens (tertiary/aromatic N) is 1. The van der Waals surface area contributed by atoms with Crippen molar-refractivity contribution in [3.8, 4) is 5.75 Å². The number of amides is 1. The number of aliphatic imine (C=N–C) groups is 1. The highest BCUT2D eigenvalue weighted by molar-refractivity contribution is 5.79. The molecule has 0 spiro atoms. The summed E-state index contributed by atoms with van der Waals surface area (Å²) in [5, 5.41) is 6.33. The minimum Gasteiger partial charge on any atom is -0.484 e. The minimum atomic E-state index is -4.33. The summed E-state index contributed by atoms with van der Waals surface area (Å²) in [6.45, 7) is -0.599. The van der Waals surface area contributed by atoms with Gasteiger partial charge in [-0.05, 0) is 28.8 Å². The maximum atomic E-state index is 12.1. The predicted octanol–water partition coefficient (Wildman–Crippen LogP) is 2.49. The SMILES string of the molecule is CN=C(NCc1ccc(COCC(F)(F)F)cc1)NCc1cccc(OCC(N)=O)c1. The van der Waals surface area contributed by atoms with Gasteiger partial charge in [-0.3, -0.25) is 9.79 Å². The van der Waals surface area contributed by atoms with Crippen molar-refractivity contribution >= 4 is 11.9 Å². The highest BCUT2D eigenvalue weighted by Crippen LogP contribution is 2.16. The third-order valence-electron chi connectivity index (χ3n) is 3.98. The Labute approximate surface area is 178 Å². The molecular formula is C21H25F3N4O3. The van der Waals surface area contributed by atoms with E-state index in [0.29, 0.717) is 30.4 Å². The lowest BCUT2D eigenvalue weighted by atomic mass is 10.1. The van der Waals surface area contributed by atoms with Crippen molar-refractivity contribution in [3.63, 3.8) is 0 Å². The average Bonchev–Trinajstić information content (AvgIpc) is 2.73. The molecule has 2 aromatic rings. The molecule has 0 atom stereocenters. The Morgan fingerprint density at radius 1 is 1.03 bits per heavy atom. The highest BCUT2D eigenvalue weighted by Gasteiger charge is 2.27. The lowest BCUT2D eigenvalue weighted by Gasteiger charge is -2.13. The normalized spacial score (nSPS) is 11.8. The smallest absolute Gasteiger partial charge is 0.411 e. The van der Waals surface area contributed by atoms with Crippen LogP contribution in [0, 0.1) is 0 Å². The van der Waals surface area contributed by atoms with Gasteiger partial charge in [-0.1, -0.05) is 36.4 Å². The van der Waals surface area contributed by atoms with E-state index in [1.807, 2.05) is 24.3 Å². The molecule has 0 fully saturated rings. The number of primary amides is 1. The van der Waals surface area contributed by atoms with E-state index in [1.54, 1.807) is 31.3 Å². The van der Waals surface area contributed by atoms with Crippen molar-refractivity contribution < 1.29 is 27.4 Å². The van der Waals surface area contributed by atoms with Crippen molar-refractivity contribution in [2.45, 2.75) is 25.9 Å². The molecule has 31 heavy (non-hydrogen) atoms. The molecule has 0 heterocycles. The van der Waals surface area contributed by atoms with Crippen LogP contribution < -0.4 is 21.1 Å². The molecule has 0 aromatic heterocycles. The molecule has 1 amide bonds. The van der Waals surface area contributed by atoms with E-state index >= 15 is 0 Å². The van der Waals surface area contributed by atoms with Gasteiger partial charge >= 0.3 is 6.18 Å². The van der Waals surface area contributed by atoms with Gasteiger partial charge in [-0.25, -0.2) is 0 Å². The zero-order valence-corrected chi connectivity index (χ0v) is 17.0. The van der Waals surface area contributed by atoms with E-state index in [9.17, 15) is 18.0 Å². The van der Waals surface area contributed by atoms with Crippen LogP contribution in [0.5, 0.6) is 5.75 Å². The number of carbonyl (C=O) groups excluding carboxylic acids is 1. The van der Waals surface area contributed by atoms with Gasteiger partial charge in [-0.2, -0.15) is 13.2 Å². The number of benzene rings is 2. The fourth-order valence-electron chi connectivity index (χ4n) is 2.53. The van der Waals surface area contributed by atoms with Crippen LogP contribution >= 0.6 is 0 Å². The quantitative estimate of drug-likeness (QED) is 0.391. The minimum absolute atomic E-state index is 0.0986. The first-order valence-corrected chi connectivity index (χ1v) is 9.42. The molecule has 0 unspecified atom stereocenters. The molecule has 0 aliphatic heterocycles. The number of hydrogen-bond acceptors (Lipinski definition) is 4. The largest absolute Gasteiger partial charge is 0.484 e. The maximum Gasteiger partial charge on any atom is 0.411 e. The number of rotatable bonds is 10. The highest BCUT2D eigenvalue weighted by atomic mass is 19.4. The van der Waals surface area contributed by atoms with E-state index in [1.165, 1.54) is 0 Å². The fraction of sp³-hybridized carbons (Fsp3) is 0.333. The Kier molecular flexibility index (Phi) is 9.13. The molecule has 7 nitrogen and oxygen atoms in total. The van der Waals surface area contributed by atoms with E-state index < -0.39 is 18.7 Å². The van der Waals surface area contributed by atoms with Gasteiger partial charge in [0, 0.05) is 20.1 Å². The van der Waals surface area contributed by atoms with Crippen molar-refractivity contribution in [3.05, 3.63) is 65.2 Å². The first-order chi connectivity index (χ1) is 14.7. The number of ether oxygens (including phenoxy) is 2. The maximum absolute atomic E-state index is 12.1. The summed E-state index contributed by atoms with van der Waals surface area (Å²) in [6.07, 6.45) is -4.33. The Balaban J connectivity index is 1.78. The topological polar surface area (TPSA) is 98.0 Å². The van der Waals surface area contributed by atoms with Gasteiger partial charge in [0.25, 0.3) is 5.91 Å². The number of hydrogen-bond donors (Lipinski definition) is 3. The number of guanidine groups is 1. The Bertz CT molecular complexity index is 871. The molecule has 0 saturated heterocycles. The fourth-order valence-corrected chi connectivity index (χ4v) is 2.53. The average molecular weight is 438 g/mol. The lowest BCUT2D eigenvalue weighted by molar-refractivity contribution is -0.176. The van der Waals surface area contributed by atoms with Gasteiger partial charge in [0.1, 0.15) is 12.4 Å². The first kappa shape index (κ1) is 24.0. The molecular weight excluding hydrogens is 413 g/mol. The number of alkyl halides is 3. The Morgan fingerprint density at radius 3 is 2.29 bits per heavy atom. The van der Waals surface area contributed by atoms with Crippen LogP contribution in [-0.4, -0.2) is 38.3 Å². The van der Waals surface area contributed by atoms with Crippen LogP contribution in [0.3, 0.4) is 0 Å². The molecule has 0 radical (unpaired) electrons. The molecule has 0 aliphatic carbocycles. The Morgan fingerprint density at radius 2 is 1.68 bits per heavy atom. The van der Waals surface area contributed by atoms with E-state index in [-0.39, 0.29) is 13.2 Å². The van der Waals surface area contributed by atoms with Crippen LogP contribution in [0.25, 0.3) is 0 Å². The van der Waals surface area contributed by atoms with Crippen LogP contribution in [0.4, 0.5) is 13.2 Å². The summed E-state index contributed by atoms with van der Waals surface area (Å²) in [7, 11) is 1.64. The second-order valence-electron chi connectivity index (χ2n) is 6.61. The third kappa shape index (κ3) is 9.85. The van der Waals surface area contributed by atoms with Gasteiger partial charge in [0.05, 0.1) is 6.61 Å². The number of halogens is 3. The predicted molar refractivity (Wildman–Crippen MR) is 110 cm³/mol. The lowest BCUT2D eigenvalue weighted by Crippen LogP contribution is -2.36. The van der Waals surface area contributed by atoms with E-state index in [0.717, 1.165) is 11.1 Å². The van der Waals surface area contributed by atoms with Crippen LogP contribution in [0.15, 0.2) is 53.5 Å². The molecule has 0 aliphatic rings. The number of nitrogens with one attached hydrogen (secondary N) is 2.